The Balaban J connectivity index is 3.10. The molecule has 0 saturated heterocycles. The van der Waals surface area contributed by atoms with Gasteiger partial charge in [-0.15, -0.1) is 0 Å². The summed E-state index contributed by atoms with van der Waals surface area (Å²) in [5, 5.41) is 0. The van der Waals surface area contributed by atoms with Crippen molar-refractivity contribution >= 4 is 32.8 Å². The maximum atomic E-state index is 12.8. The highest BCUT2D eigenvalue weighted by atomic mass is 35.7. The van der Waals surface area contributed by atoms with Crippen LogP contribution in [0, 0.1) is 5.82 Å². The highest BCUT2D eigenvalue weighted by Gasteiger charge is 2.06. The minimum Gasteiger partial charge on any atom is -0.237 e. The number of benzene rings is 1. The number of rotatable bonds is 2. The van der Waals surface area contributed by atoms with Crippen LogP contribution in [0.15, 0.2) is 28.0 Å². The van der Waals surface area contributed by atoms with Crippen LogP contribution in [-0.4, -0.2) is 4.21 Å². The summed E-state index contributed by atoms with van der Waals surface area (Å²) in [4.78, 5) is -0.00664. The monoisotopic (exact) mass is 228 g/mol. The molecule has 0 amide bonds. The molecular weight excluding hydrogens is 226 g/mol. The molecule has 0 spiro atoms. The largest absolute Gasteiger partial charge is 0.237 e. The lowest BCUT2D eigenvalue weighted by molar-refractivity contribution is 0.595. The minimum atomic E-state index is -1.75. The fraction of sp³-hybridized carbons (Fsp3) is 0. The first-order valence-electron chi connectivity index (χ1n) is 2.81. The molecule has 0 bridgehead atoms. The second-order valence-electron chi connectivity index (χ2n) is 1.89. The molecule has 0 aromatic heterocycles. The topological polar surface area (TPSA) is 17.1 Å². The third kappa shape index (κ3) is 2.18. The zero-order valence-corrected chi connectivity index (χ0v) is 7.98. The van der Waals surface area contributed by atoms with Crippen molar-refractivity contribution in [2.75, 3.05) is 0 Å². The first-order valence-corrected chi connectivity index (χ1v) is 5.50. The van der Waals surface area contributed by atoms with Crippen molar-refractivity contribution in [3.8, 4) is 0 Å². The normalized spacial score (nSPS) is 12.9. The summed E-state index contributed by atoms with van der Waals surface area (Å²) >= 11 is -0.201. The van der Waals surface area contributed by atoms with Crippen molar-refractivity contribution in [1.29, 1.82) is 0 Å². The first kappa shape index (κ1) is 9.95. The van der Waals surface area contributed by atoms with Gasteiger partial charge in [-0.2, -0.15) is 3.89 Å². The molecule has 6 heteroatoms. The summed E-state index contributed by atoms with van der Waals surface area (Å²) < 4.78 is 35.3. The molecule has 0 aliphatic rings. The summed E-state index contributed by atoms with van der Waals surface area (Å²) in [6.45, 7) is 0. The molecule has 0 aliphatic carbocycles. The predicted molar refractivity (Wildman–Crippen MR) is 45.6 cm³/mol. The Kier molecular flexibility index (Phi) is 3.49. The fourth-order valence-corrected chi connectivity index (χ4v) is 1.56. The SMILES string of the molecule is O=S(Cl)c1ccc(SF)c(F)c1. The predicted octanol–water partition coefficient (Wildman–Crippen LogP) is 3.06. The Bertz CT molecular complexity index is 318. The van der Waals surface area contributed by atoms with Crippen molar-refractivity contribution < 1.29 is 12.5 Å². The van der Waals surface area contributed by atoms with E-state index >= 15 is 0 Å². The van der Waals surface area contributed by atoms with Crippen LogP contribution in [0.1, 0.15) is 0 Å². The van der Waals surface area contributed by atoms with Crippen molar-refractivity contribution in [3.63, 3.8) is 0 Å². The van der Waals surface area contributed by atoms with Gasteiger partial charge in [-0.25, -0.2) is 8.60 Å². The molecule has 0 fully saturated rings. The molecule has 0 N–H and O–H groups in total. The van der Waals surface area contributed by atoms with Crippen molar-refractivity contribution in [3.05, 3.63) is 24.0 Å². The Labute approximate surface area is 79.4 Å². The number of hydrogen-bond donors (Lipinski definition) is 0. The molecule has 0 saturated carbocycles. The van der Waals surface area contributed by atoms with E-state index in [-0.39, 0.29) is 21.9 Å². The third-order valence-corrected chi connectivity index (χ3v) is 2.83. The maximum absolute atomic E-state index is 12.8. The zero-order chi connectivity index (χ0) is 9.14. The zero-order valence-electron chi connectivity index (χ0n) is 5.59. The average Bonchev–Trinajstić information content (AvgIpc) is 2.04. The smallest absolute Gasteiger partial charge is 0.147 e. The summed E-state index contributed by atoms with van der Waals surface area (Å²) in [6, 6.07) is 3.45. The van der Waals surface area contributed by atoms with Crippen LogP contribution >= 0.6 is 22.8 Å². The summed E-state index contributed by atoms with van der Waals surface area (Å²) in [7, 11) is 3.43. The van der Waals surface area contributed by atoms with E-state index in [2.05, 4.69) is 0 Å². The van der Waals surface area contributed by atoms with E-state index in [4.69, 9.17) is 10.7 Å². The van der Waals surface area contributed by atoms with Gasteiger partial charge in [0.2, 0.25) is 0 Å². The Morgan fingerprint density at radius 3 is 2.58 bits per heavy atom. The lowest BCUT2D eigenvalue weighted by atomic mass is 10.3. The van der Waals surface area contributed by atoms with Crippen LogP contribution in [0.5, 0.6) is 0 Å². The maximum Gasteiger partial charge on any atom is 0.147 e. The van der Waals surface area contributed by atoms with Crippen molar-refractivity contribution in [2.45, 2.75) is 9.79 Å². The van der Waals surface area contributed by atoms with Gasteiger partial charge in [0.1, 0.15) is 15.8 Å². The standard InChI is InChI=1S/C6H3ClF2OS2/c7-12(10)4-1-2-6(11-9)5(8)3-4/h1-3H. The van der Waals surface area contributed by atoms with Gasteiger partial charge in [0.05, 0.1) is 21.9 Å². The molecule has 1 aromatic rings. The van der Waals surface area contributed by atoms with Crippen LogP contribution in [-0.2, 0) is 10.0 Å². The van der Waals surface area contributed by atoms with Crippen LogP contribution in [0.4, 0.5) is 8.28 Å². The summed E-state index contributed by atoms with van der Waals surface area (Å²) in [5.74, 6) is -0.756. The number of hydrogen-bond acceptors (Lipinski definition) is 2. The highest BCUT2D eigenvalue weighted by Crippen LogP contribution is 2.24. The fourth-order valence-electron chi connectivity index (χ4n) is 0.644. The molecule has 1 atom stereocenters. The average molecular weight is 229 g/mol. The Hall–Kier alpha value is -0.130. The van der Waals surface area contributed by atoms with Gasteiger partial charge in [-0.3, -0.25) is 0 Å². The Morgan fingerprint density at radius 1 is 1.50 bits per heavy atom. The second-order valence-corrected chi connectivity index (χ2v) is 4.25. The quantitative estimate of drug-likeness (QED) is 0.724. The lowest BCUT2D eigenvalue weighted by Crippen LogP contribution is -1.85. The van der Waals surface area contributed by atoms with E-state index in [0.29, 0.717) is 0 Å². The van der Waals surface area contributed by atoms with E-state index in [1.165, 1.54) is 12.1 Å². The number of halogens is 3. The molecule has 1 unspecified atom stereocenters. The van der Waals surface area contributed by atoms with Crippen LogP contribution < -0.4 is 0 Å². The van der Waals surface area contributed by atoms with E-state index in [1.807, 2.05) is 0 Å². The van der Waals surface area contributed by atoms with E-state index in [9.17, 15) is 12.5 Å². The van der Waals surface area contributed by atoms with E-state index in [0.717, 1.165) is 6.07 Å². The third-order valence-electron chi connectivity index (χ3n) is 1.17. The van der Waals surface area contributed by atoms with Gasteiger partial charge < -0.3 is 0 Å². The first-order chi connectivity index (χ1) is 5.65. The molecule has 0 radical (unpaired) electrons. The van der Waals surface area contributed by atoms with Crippen molar-refractivity contribution in [1.82, 2.24) is 0 Å². The van der Waals surface area contributed by atoms with Gasteiger partial charge in [0.25, 0.3) is 0 Å². The molecule has 0 heterocycles. The highest BCUT2D eigenvalue weighted by molar-refractivity contribution is 8.08. The van der Waals surface area contributed by atoms with E-state index in [1.54, 1.807) is 0 Å². The molecule has 1 nitrogen and oxygen atoms in total. The van der Waals surface area contributed by atoms with Gasteiger partial charge >= 0.3 is 0 Å². The van der Waals surface area contributed by atoms with Gasteiger partial charge in [-0.05, 0) is 28.9 Å². The van der Waals surface area contributed by atoms with Gasteiger partial charge in [0, 0.05) is 0 Å². The molecule has 0 aliphatic heterocycles. The van der Waals surface area contributed by atoms with Crippen LogP contribution in [0.3, 0.4) is 0 Å². The molecule has 1 aromatic carbocycles. The molecule has 66 valence electrons. The Morgan fingerprint density at radius 2 is 2.17 bits per heavy atom. The van der Waals surface area contributed by atoms with Crippen molar-refractivity contribution in [2.24, 2.45) is 0 Å². The van der Waals surface area contributed by atoms with Gasteiger partial charge in [-0.1, -0.05) is 0 Å². The summed E-state index contributed by atoms with van der Waals surface area (Å²) in [6.07, 6.45) is 0. The minimum absolute atomic E-state index is 0.131. The van der Waals surface area contributed by atoms with Crippen LogP contribution in [0.2, 0.25) is 0 Å². The van der Waals surface area contributed by atoms with E-state index < -0.39 is 15.8 Å². The molecular formula is C6H3ClF2OS2. The molecule has 1 rings (SSSR count). The second kappa shape index (κ2) is 4.20. The lowest BCUT2D eigenvalue weighted by Gasteiger charge is -1.97. The summed E-state index contributed by atoms with van der Waals surface area (Å²) in [5.41, 5.74) is 0. The van der Waals surface area contributed by atoms with Gasteiger partial charge in [0.15, 0.2) is 0 Å². The molecule has 12 heavy (non-hydrogen) atoms. The van der Waals surface area contributed by atoms with Crippen LogP contribution in [0.25, 0.3) is 0 Å².